The van der Waals surface area contributed by atoms with Crippen molar-refractivity contribution < 1.29 is 38.5 Å². The van der Waals surface area contributed by atoms with Crippen molar-refractivity contribution in [1.29, 1.82) is 0 Å². The average molecular weight is 812 g/mol. The number of hydrogen-bond acceptors (Lipinski definition) is 8. The first kappa shape index (κ1) is 29.7. The van der Waals surface area contributed by atoms with Gasteiger partial charge in [0.25, 0.3) is 0 Å². The summed E-state index contributed by atoms with van der Waals surface area (Å²) in [6.45, 7) is 0. The van der Waals surface area contributed by atoms with Gasteiger partial charge < -0.3 is 38.5 Å². The zero-order valence-corrected chi connectivity index (χ0v) is 19.1. The summed E-state index contributed by atoms with van der Waals surface area (Å²) in [7, 11) is -10.8. The van der Waals surface area contributed by atoms with Gasteiger partial charge in [-0.3, -0.25) is 0 Å². The van der Waals surface area contributed by atoms with Gasteiger partial charge >= 0.3 is 81.9 Å². The molecule has 8 nitrogen and oxygen atoms in total. The molecule has 70 valence electrons. The zero-order chi connectivity index (χ0) is 9.00. The molecule has 0 unspecified atom stereocenters. The molecule has 0 saturated heterocycles. The van der Waals surface area contributed by atoms with Crippen molar-refractivity contribution in [3.63, 3.8) is 0 Å². The first-order valence-corrected chi connectivity index (χ1v) is 4.38. The Hall–Kier alpha value is 2.99. The summed E-state index contributed by atoms with van der Waals surface area (Å²) in [6, 6.07) is 0. The minimum atomic E-state index is -5.39. The molecular formula is O8P2Pb3. The van der Waals surface area contributed by atoms with E-state index >= 15 is 0 Å². The molecule has 0 aliphatic rings. The van der Waals surface area contributed by atoms with E-state index in [-0.39, 0.29) is 81.9 Å². The van der Waals surface area contributed by atoms with Gasteiger partial charge in [0.2, 0.25) is 0 Å². The zero-order valence-electron chi connectivity index (χ0n) is 5.66. The summed E-state index contributed by atoms with van der Waals surface area (Å²) in [5, 5.41) is 0. The quantitative estimate of drug-likeness (QED) is 0.172. The Balaban J connectivity index is -0.0000000267. The van der Waals surface area contributed by atoms with Crippen LogP contribution in [0.5, 0.6) is 0 Å². The summed E-state index contributed by atoms with van der Waals surface area (Å²) in [6.07, 6.45) is 0. The SMILES string of the molecule is O=P([O-])([O-])[O-].O=P([O-])([O-])[O-].[Pb+2].[Pb+2].[Pb+2]. The predicted molar refractivity (Wildman–Crippen MR) is 32.5 cm³/mol. The molecule has 13 heavy (non-hydrogen) atoms. The van der Waals surface area contributed by atoms with Gasteiger partial charge in [0.05, 0.1) is 0 Å². The molecule has 0 fully saturated rings. The molecule has 6 radical (unpaired) electrons. The van der Waals surface area contributed by atoms with E-state index in [1.165, 1.54) is 0 Å². The Labute approximate surface area is 134 Å². The molecule has 0 spiro atoms. The second kappa shape index (κ2) is 13.1. The van der Waals surface area contributed by atoms with Crippen LogP contribution in [0.3, 0.4) is 0 Å². The molecule has 0 aromatic rings. The maximum atomic E-state index is 8.55. The van der Waals surface area contributed by atoms with Crippen molar-refractivity contribution in [3.05, 3.63) is 0 Å². The molecule has 13 heteroatoms. The van der Waals surface area contributed by atoms with E-state index in [9.17, 15) is 0 Å². The van der Waals surface area contributed by atoms with Crippen LogP contribution in [0.25, 0.3) is 0 Å². The van der Waals surface area contributed by atoms with E-state index < -0.39 is 15.6 Å². The molecule has 0 heterocycles. The van der Waals surface area contributed by atoms with Crippen LogP contribution in [0.15, 0.2) is 0 Å². The molecule has 0 saturated carbocycles. The number of rotatable bonds is 0. The third-order valence-corrected chi connectivity index (χ3v) is 0. The Morgan fingerprint density at radius 3 is 0.538 bits per heavy atom. The third-order valence-electron chi connectivity index (χ3n) is 0. The Morgan fingerprint density at radius 2 is 0.538 bits per heavy atom. The van der Waals surface area contributed by atoms with Crippen LogP contribution in [-0.2, 0) is 9.13 Å². The first-order valence-electron chi connectivity index (χ1n) is 1.46. The van der Waals surface area contributed by atoms with Crippen molar-refractivity contribution in [2.24, 2.45) is 0 Å². The van der Waals surface area contributed by atoms with Gasteiger partial charge in [0.15, 0.2) is 0 Å². The second-order valence-electron chi connectivity index (χ2n) is 0.894. The summed E-state index contributed by atoms with van der Waals surface area (Å²) in [5.74, 6) is 0. The molecule has 0 aromatic heterocycles. The topological polar surface area (TPSA) is 172 Å². The normalized spacial score (nSPS) is 9.08. The van der Waals surface area contributed by atoms with Crippen LogP contribution in [0.4, 0.5) is 0 Å². The summed E-state index contributed by atoms with van der Waals surface area (Å²) < 4.78 is 17.1. The molecule has 0 atom stereocenters. The van der Waals surface area contributed by atoms with E-state index in [0.29, 0.717) is 0 Å². The monoisotopic (exact) mass is 814 g/mol. The van der Waals surface area contributed by atoms with E-state index in [1.54, 1.807) is 0 Å². The standard InChI is InChI=1S/2H3O4P.3Pb/c2*1-5(2,3)4;;;/h2*(H3,1,2,3,4);;;/q;;3*+2/p-6. The van der Waals surface area contributed by atoms with E-state index in [0.717, 1.165) is 0 Å². The van der Waals surface area contributed by atoms with Gasteiger partial charge in [-0.05, 0) is 0 Å². The maximum absolute atomic E-state index is 8.55. The third kappa shape index (κ3) is 283. The minimum absolute atomic E-state index is 0. The van der Waals surface area contributed by atoms with Gasteiger partial charge in [0, 0.05) is 0 Å². The molecule has 0 N–H and O–H groups in total. The molecule has 0 rings (SSSR count). The van der Waals surface area contributed by atoms with Gasteiger partial charge in [-0.1, -0.05) is 0 Å². The smallest absolute Gasteiger partial charge is 0.822 e. The van der Waals surface area contributed by atoms with Gasteiger partial charge in [-0.25, -0.2) is 0 Å². The van der Waals surface area contributed by atoms with Gasteiger partial charge in [-0.2, -0.15) is 15.6 Å². The summed E-state index contributed by atoms with van der Waals surface area (Å²) in [4.78, 5) is 51.3. The molecule has 0 aliphatic heterocycles. The van der Waals surface area contributed by atoms with Crippen LogP contribution in [-0.4, -0.2) is 81.9 Å². The Kier molecular flexibility index (Phi) is 29.9. The molecule has 0 aromatic carbocycles. The van der Waals surface area contributed by atoms with Crippen LogP contribution >= 0.6 is 15.6 Å². The summed E-state index contributed by atoms with van der Waals surface area (Å²) >= 11 is 0. The van der Waals surface area contributed by atoms with Crippen LogP contribution in [0, 0.1) is 0 Å². The van der Waals surface area contributed by atoms with Crippen LogP contribution < -0.4 is 29.4 Å². The largest absolute Gasteiger partial charge is 2.00 e. The molecular weight excluding hydrogens is 812 g/mol. The molecule has 0 amide bonds. The Morgan fingerprint density at radius 1 is 0.538 bits per heavy atom. The van der Waals surface area contributed by atoms with Gasteiger partial charge in [0.1, 0.15) is 0 Å². The van der Waals surface area contributed by atoms with Gasteiger partial charge in [-0.15, -0.1) is 0 Å². The van der Waals surface area contributed by atoms with Crippen molar-refractivity contribution in [2.45, 2.75) is 0 Å². The van der Waals surface area contributed by atoms with Crippen LogP contribution in [0.2, 0.25) is 0 Å². The van der Waals surface area contributed by atoms with Crippen LogP contribution in [0.1, 0.15) is 0 Å². The number of phosphoric acid groups is 2. The van der Waals surface area contributed by atoms with E-state index in [4.69, 9.17) is 38.5 Å². The second-order valence-corrected chi connectivity index (χ2v) is 2.68. The fourth-order valence-corrected chi connectivity index (χ4v) is 0. The first-order chi connectivity index (χ1) is 4.00. The van der Waals surface area contributed by atoms with Crippen molar-refractivity contribution in [2.75, 3.05) is 0 Å². The fraction of sp³-hybridized carbons (Fsp3) is 0. The maximum Gasteiger partial charge on any atom is 2.00 e. The van der Waals surface area contributed by atoms with E-state index in [2.05, 4.69) is 0 Å². The number of hydrogen-bond donors (Lipinski definition) is 0. The van der Waals surface area contributed by atoms with Crippen molar-refractivity contribution in [3.8, 4) is 0 Å². The van der Waals surface area contributed by atoms with Crippen molar-refractivity contribution >= 4 is 97.5 Å². The average Bonchev–Trinajstić information content (AvgIpc) is 1.12. The molecule has 0 aliphatic carbocycles. The minimum Gasteiger partial charge on any atom is -0.822 e. The predicted octanol–water partition coefficient (Wildman–Crippen LogP) is -6.79. The Bertz CT molecular complexity index is 130. The van der Waals surface area contributed by atoms with E-state index in [1.807, 2.05) is 0 Å². The fourth-order valence-electron chi connectivity index (χ4n) is 0. The summed E-state index contributed by atoms with van der Waals surface area (Å²) in [5.41, 5.74) is 0. The molecule has 0 bridgehead atoms. The van der Waals surface area contributed by atoms with Crippen molar-refractivity contribution in [1.82, 2.24) is 0 Å².